The fraction of sp³-hybridized carbons (Fsp3) is 0.577. The maximum atomic E-state index is 13.8. The van der Waals surface area contributed by atoms with Crippen LogP contribution in [-0.2, 0) is 25.6 Å². The van der Waals surface area contributed by atoms with Gasteiger partial charge in [-0.15, -0.1) is 0 Å². The molecule has 0 aliphatic heterocycles. The molecule has 3 saturated carbocycles. The van der Waals surface area contributed by atoms with Gasteiger partial charge in [0.2, 0.25) is 5.91 Å². The van der Waals surface area contributed by atoms with Gasteiger partial charge in [-0.1, -0.05) is 18.9 Å². The third-order valence-electron chi connectivity index (χ3n) is 8.78. The van der Waals surface area contributed by atoms with Crippen molar-refractivity contribution >= 4 is 29.0 Å². The molecule has 1 aromatic carbocycles. The second-order valence-electron chi connectivity index (χ2n) is 10.8. The lowest BCUT2D eigenvalue weighted by atomic mass is 9.52. The Bertz CT molecular complexity index is 1170. The first-order chi connectivity index (χ1) is 16.5. The molecule has 3 fully saturated rings. The minimum Gasteiger partial charge on any atom is -0.507 e. The van der Waals surface area contributed by atoms with E-state index in [-0.39, 0.29) is 23.7 Å². The van der Waals surface area contributed by atoms with Crippen LogP contribution in [0.5, 0.6) is 5.75 Å². The van der Waals surface area contributed by atoms with Gasteiger partial charge in [-0.25, -0.2) is 0 Å². The normalized spacial score (nSPS) is 35.1. The highest BCUT2D eigenvalue weighted by atomic mass is 16.3. The third-order valence-corrected chi connectivity index (χ3v) is 8.78. The molecule has 4 N–H and O–H groups in total. The number of aromatic hydroxyl groups is 1. The molecule has 0 radical (unpaired) electrons. The number of aliphatic hydroxyl groups is 1. The molecule has 0 aromatic heterocycles. The first-order valence-electron chi connectivity index (χ1n) is 12.2. The third kappa shape index (κ3) is 3.17. The van der Waals surface area contributed by atoms with Crippen molar-refractivity contribution in [2.24, 2.45) is 29.4 Å². The SMILES string of the molecule is CN(C)[C@H]1C(=O)C(C(N)=O)C(=O)[C@]2(O)C(=O)C3C(=O)c4c(O)ccc(C5CCCC5)c4C[C@@H]3C[C@H]12. The first kappa shape index (κ1) is 23.8. The predicted molar refractivity (Wildman–Crippen MR) is 123 cm³/mol. The fourth-order valence-corrected chi connectivity index (χ4v) is 7.25. The van der Waals surface area contributed by atoms with Crippen molar-refractivity contribution in [1.29, 1.82) is 0 Å². The molecule has 4 aliphatic rings. The number of Topliss-reactive ketones (excluding diaryl/α,β-unsaturated/α-hetero) is 4. The van der Waals surface area contributed by atoms with E-state index in [1.54, 1.807) is 14.1 Å². The van der Waals surface area contributed by atoms with E-state index in [2.05, 4.69) is 0 Å². The lowest BCUT2D eigenvalue weighted by Gasteiger charge is -2.52. The monoisotopic (exact) mass is 482 g/mol. The minimum absolute atomic E-state index is 0.0731. The van der Waals surface area contributed by atoms with Crippen LogP contribution in [0.15, 0.2) is 12.1 Å². The molecule has 4 aliphatic carbocycles. The van der Waals surface area contributed by atoms with Gasteiger partial charge >= 0.3 is 0 Å². The van der Waals surface area contributed by atoms with Crippen LogP contribution in [0.2, 0.25) is 0 Å². The zero-order valence-corrected chi connectivity index (χ0v) is 19.8. The molecule has 35 heavy (non-hydrogen) atoms. The lowest BCUT2D eigenvalue weighted by Crippen LogP contribution is -2.74. The van der Waals surface area contributed by atoms with Gasteiger partial charge in [0.1, 0.15) is 5.75 Å². The number of nitrogens with two attached hydrogens (primary N) is 1. The number of amides is 1. The van der Waals surface area contributed by atoms with Gasteiger partial charge in [0.05, 0.1) is 17.5 Å². The van der Waals surface area contributed by atoms with E-state index in [0.29, 0.717) is 6.42 Å². The van der Waals surface area contributed by atoms with Crippen LogP contribution in [0.25, 0.3) is 0 Å². The maximum Gasteiger partial charge on any atom is 0.235 e. The van der Waals surface area contributed by atoms with E-state index in [1.165, 1.54) is 11.0 Å². The summed E-state index contributed by atoms with van der Waals surface area (Å²) in [4.78, 5) is 67.4. The number of primary amides is 1. The van der Waals surface area contributed by atoms with E-state index >= 15 is 0 Å². The molecule has 6 atom stereocenters. The van der Waals surface area contributed by atoms with Crippen molar-refractivity contribution in [3.05, 3.63) is 28.8 Å². The molecule has 9 heteroatoms. The smallest absolute Gasteiger partial charge is 0.235 e. The summed E-state index contributed by atoms with van der Waals surface area (Å²) in [5.74, 6) is -9.74. The van der Waals surface area contributed by atoms with E-state index in [4.69, 9.17) is 5.73 Å². The van der Waals surface area contributed by atoms with Crippen LogP contribution in [0.4, 0.5) is 0 Å². The van der Waals surface area contributed by atoms with Crippen LogP contribution < -0.4 is 5.73 Å². The van der Waals surface area contributed by atoms with Crippen molar-refractivity contribution < 1.29 is 34.2 Å². The average molecular weight is 483 g/mol. The second kappa shape index (κ2) is 8.06. The van der Waals surface area contributed by atoms with E-state index < -0.39 is 64.4 Å². The summed E-state index contributed by atoms with van der Waals surface area (Å²) in [6.45, 7) is 0. The van der Waals surface area contributed by atoms with Crippen molar-refractivity contribution in [2.45, 2.75) is 56.1 Å². The molecule has 1 aromatic rings. The summed E-state index contributed by atoms with van der Waals surface area (Å²) >= 11 is 0. The number of rotatable bonds is 3. The topological polar surface area (TPSA) is 155 Å². The summed E-state index contributed by atoms with van der Waals surface area (Å²) in [6.07, 6.45) is 4.55. The number of fused-ring (bicyclic) bond motifs is 3. The Morgan fingerprint density at radius 1 is 1.09 bits per heavy atom. The number of likely N-dealkylation sites (N-methyl/N-ethyl adjacent to an activating group) is 1. The van der Waals surface area contributed by atoms with Crippen LogP contribution in [0.3, 0.4) is 0 Å². The number of hydrogen-bond acceptors (Lipinski definition) is 8. The van der Waals surface area contributed by atoms with Crippen LogP contribution in [0, 0.1) is 23.7 Å². The summed E-state index contributed by atoms with van der Waals surface area (Å²) < 4.78 is 0. The van der Waals surface area contributed by atoms with Gasteiger partial charge in [0.25, 0.3) is 0 Å². The fourth-order valence-electron chi connectivity index (χ4n) is 7.25. The number of phenols is 1. The van der Waals surface area contributed by atoms with Crippen molar-refractivity contribution in [2.75, 3.05) is 14.1 Å². The summed E-state index contributed by atoms with van der Waals surface area (Å²) in [6, 6.07) is 2.24. The Labute approximate surface area is 202 Å². The number of benzene rings is 1. The highest BCUT2D eigenvalue weighted by molar-refractivity contribution is 6.32. The number of nitrogens with zero attached hydrogens (tertiary/aromatic N) is 1. The molecule has 2 unspecified atom stereocenters. The van der Waals surface area contributed by atoms with E-state index in [9.17, 15) is 34.2 Å². The largest absolute Gasteiger partial charge is 0.507 e. The Kier molecular flexibility index (Phi) is 5.49. The van der Waals surface area contributed by atoms with E-state index in [1.807, 2.05) is 6.07 Å². The average Bonchev–Trinajstić information content (AvgIpc) is 3.30. The molecule has 1 amide bonds. The van der Waals surface area contributed by atoms with Crippen LogP contribution in [-0.4, -0.2) is 69.9 Å². The number of carbonyl (C=O) groups is 5. The predicted octanol–water partition coefficient (Wildman–Crippen LogP) is 0.525. The number of phenolic OH excluding ortho intramolecular Hbond substituents is 1. The zero-order valence-electron chi connectivity index (χ0n) is 19.8. The molecular formula is C26H30N2O7. The molecule has 0 heterocycles. The lowest BCUT2D eigenvalue weighted by molar-refractivity contribution is -0.181. The van der Waals surface area contributed by atoms with Gasteiger partial charge in [0, 0.05) is 5.92 Å². The molecule has 0 spiro atoms. The van der Waals surface area contributed by atoms with Gasteiger partial charge in [-0.3, -0.25) is 28.9 Å². The van der Waals surface area contributed by atoms with Crippen molar-refractivity contribution in [1.82, 2.24) is 4.90 Å². The molecule has 186 valence electrons. The van der Waals surface area contributed by atoms with Gasteiger partial charge in [-0.2, -0.15) is 0 Å². The van der Waals surface area contributed by atoms with Gasteiger partial charge < -0.3 is 15.9 Å². The first-order valence-corrected chi connectivity index (χ1v) is 12.2. The van der Waals surface area contributed by atoms with Gasteiger partial charge in [0.15, 0.2) is 34.7 Å². The Morgan fingerprint density at radius 3 is 2.34 bits per heavy atom. The quantitative estimate of drug-likeness (QED) is 0.527. The summed E-state index contributed by atoms with van der Waals surface area (Å²) in [5.41, 5.74) is 4.46. The summed E-state index contributed by atoms with van der Waals surface area (Å²) in [7, 11) is 3.15. The van der Waals surface area contributed by atoms with Crippen molar-refractivity contribution in [3.8, 4) is 5.75 Å². The Balaban J connectivity index is 1.63. The Morgan fingerprint density at radius 2 is 1.74 bits per heavy atom. The maximum absolute atomic E-state index is 13.8. The highest BCUT2D eigenvalue weighted by Gasteiger charge is 2.69. The number of hydrogen-bond donors (Lipinski definition) is 3. The van der Waals surface area contributed by atoms with Crippen LogP contribution in [0.1, 0.15) is 59.5 Å². The highest BCUT2D eigenvalue weighted by Crippen LogP contribution is 2.52. The van der Waals surface area contributed by atoms with Gasteiger partial charge in [-0.05, 0) is 68.8 Å². The molecule has 5 rings (SSSR count). The van der Waals surface area contributed by atoms with Crippen molar-refractivity contribution in [3.63, 3.8) is 0 Å². The molecule has 9 nitrogen and oxygen atoms in total. The molecule has 0 saturated heterocycles. The summed E-state index contributed by atoms with van der Waals surface area (Å²) in [5, 5.41) is 22.2. The number of ketones is 4. The number of carbonyl (C=O) groups excluding carboxylic acids is 5. The second-order valence-corrected chi connectivity index (χ2v) is 10.8. The minimum atomic E-state index is -2.68. The molecule has 0 bridgehead atoms. The molecular weight excluding hydrogens is 452 g/mol. The zero-order chi connectivity index (χ0) is 25.4. The van der Waals surface area contributed by atoms with E-state index in [0.717, 1.165) is 36.8 Å². The van der Waals surface area contributed by atoms with Crippen LogP contribution >= 0.6 is 0 Å². The Hall–Kier alpha value is -2.91. The standard InChI is InChI=1S/C26H30N2O7/c1-28(2)20-15-10-12-9-14-13(11-5-3-4-6-11)7-8-16(29)18(14)21(30)17(12)23(32)26(15,35)24(33)19(22(20)31)25(27)34/h7-8,11-12,15,17,19-20,29,35H,3-6,9-10H2,1-2H3,(H2,27,34)/t12-,15-,17?,19?,20-,26-/m1/s1.